The van der Waals surface area contributed by atoms with Crippen LogP contribution in [0.2, 0.25) is 5.02 Å². The van der Waals surface area contributed by atoms with Crippen LogP contribution in [0.3, 0.4) is 0 Å². The number of benzene rings is 1. The maximum atomic E-state index is 11.6. The Bertz CT molecular complexity index is 661. The minimum absolute atomic E-state index is 0.225. The van der Waals surface area contributed by atoms with Crippen LogP contribution in [0.5, 0.6) is 0 Å². The van der Waals surface area contributed by atoms with Crippen molar-refractivity contribution in [3.05, 3.63) is 63.4 Å². The van der Waals surface area contributed by atoms with E-state index in [9.17, 15) is 14.9 Å². The molecule has 0 aliphatic heterocycles. The van der Waals surface area contributed by atoms with Gasteiger partial charge < -0.3 is 9.73 Å². The number of hydrogen-bond donors (Lipinski definition) is 1. The topological polar surface area (TPSA) is 85.4 Å². The number of carbonyl (C=O) groups is 1. The molecule has 2 aromatic rings. The van der Waals surface area contributed by atoms with E-state index in [1.54, 1.807) is 24.3 Å². The Morgan fingerprint density at radius 1 is 1.25 bits per heavy atom. The zero-order valence-electron chi connectivity index (χ0n) is 10.1. The SMILES string of the molecule is O=C(/C=C\c1ccc([N+](=O)[O-])o1)Nc1ccc(Cl)cc1. The molecule has 0 fully saturated rings. The largest absolute Gasteiger partial charge is 0.433 e. The second-order valence-corrected chi connectivity index (χ2v) is 4.20. The Hall–Kier alpha value is -2.60. The standard InChI is InChI=1S/C13H9ClN2O4/c14-9-1-3-10(4-2-9)15-12(17)7-5-11-6-8-13(20-11)16(18)19/h1-8H,(H,15,17)/b7-5-. The molecule has 0 aliphatic carbocycles. The zero-order chi connectivity index (χ0) is 14.5. The van der Waals surface area contributed by atoms with Gasteiger partial charge in [-0.25, -0.2) is 0 Å². The molecule has 0 saturated carbocycles. The Labute approximate surface area is 118 Å². The van der Waals surface area contributed by atoms with Gasteiger partial charge in [-0.1, -0.05) is 11.6 Å². The maximum absolute atomic E-state index is 11.6. The summed E-state index contributed by atoms with van der Waals surface area (Å²) in [5, 5.41) is 13.6. The first-order valence-corrected chi connectivity index (χ1v) is 5.91. The van der Waals surface area contributed by atoms with E-state index in [1.165, 1.54) is 24.3 Å². The van der Waals surface area contributed by atoms with Crippen LogP contribution < -0.4 is 5.32 Å². The molecule has 1 aromatic carbocycles. The number of hydrogen-bond acceptors (Lipinski definition) is 4. The lowest BCUT2D eigenvalue weighted by atomic mass is 10.3. The molecule has 1 N–H and O–H groups in total. The molecular formula is C13H9ClN2O4. The average molecular weight is 293 g/mol. The van der Waals surface area contributed by atoms with Crippen molar-refractivity contribution >= 4 is 35.2 Å². The summed E-state index contributed by atoms with van der Waals surface area (Å²) in [7, 11) is 0. The van der Waals surface area contributed by atoms with Crippen molar-refractivity contribution in [2.45, 2.75) is 0 Å². The highest BCUT2D eigenvalue weighted by atomic mass is 35.5. The smallest absolute Gasteiger partial charge is 0.401 e. The number of rotatable bonds is 4. The van der Waals surface area contributed by atoms with Gasteiger partial charge >= 0.3 is 5.88 Å². The number of carbonyl (C=O) groups excluding carboxylic acids is 1. The Kier molecular flexibility index (Phi) is 4.17. The molecule has 1 amide bonds. The highest BCUT2D eigenvalue weighted by Gasteiger charge is 2.10. The first kappa shape index (κ1) is 13.8. The van der Waals surface area contributed by atoms with Crippen molar-refractivity contribution < 1.29 is 14.1 Å². The summed E-state index contributed by atoms with van der Waals surface area (Å²) in [5.74, 6) is -0.530. The third-order valence-electron chi connectivity index (χ3n) is 2.30. The fourth-order valence-electron chi connectivity index (χ4n) is 1.40. The summed E-state index contributed by atoms with van der Waals surface area (Å²) >= 11 is 5.72. The van der Waals surface area contributed by atoms with E-state index in [2.05, 4.69) is 5.32 Å². The average Bonchev–Trinajstić information content (AvgIpc) is 2.88. The summed E-state index contributed by atoms with van der Waals surface area (Å²) in [6.07, 6.45) is 2.56. The Morgan fingerprint density at radius 2 is 1.95 bits per heavy atom. The van der Waals surface area contributed by atoms with Gasteiger partial charge in [0, 0.05) is 16.8 Å². The van der Waals surface area contributed by atoms with E-state index in [1.807, 2.05) is 0 Å². The second kappa shape index (κ2) is 6.03. The molecule has 102 valence electrons. The minimum atomic E-state index is -0.648. The van der Waals surface area contributed by atoms with Crippen LogP contribution in [0.15, 0.2) is 46.9 Å². The van der Waals surface area contributed by atoms with Gasteiger partial charge in [0.25, 0.3) is 0 Å². The number of furan rings is 1. The number of anilines is 1. The molecule has 6 nitrogen and oxygen atoms in total. The van der Waals surface area contributed by atoms with E-state index < -0.39 is 4.92 Å². The third kappa shape index (κ3) is 3.69. The van der Waals surface area contributed by atoms with Crippen LogP contribution in [0, 0.1) is 10.1 Å². The van der Waals surface area contributed by atoms with E-state index in [-0.39, 0.29) is 17.6 Å². The molecule has 1 heterocycles. The molecule has 0 unspecified atom stereocenters. The summed E-state index contributed by atoms with van der Waals surface area (Å²) in [6, 6.07) is 9.24. The predicted molar refractivity (Wildman–Crippen MR) is 74.5 cm³/mol. The third-order valence-corrected chi connectivity index (χ3v) is 2.56. The molecule has 0 radical (unpaired) electrons. The first-order chi connectivity index (χ1) is 9.54. The monoisotopic (exact) mass is 292 g/mol. The van der Waals surface area contributed by atoms with E-state index >= 15 is 0 Å². The van der Waals surface area contributed by atoms with E-state index in [0.717, 1.165) is 0 Å². The lowest BCUT2D eigenvalue weighted by molar-refractivity contribution is -0.402. The molecule has 0 bridgehead atoms. The van der Waals surface area contributed by atoms with Crippen LogP contribution in [0.1, 0.15) is 5.76 Å². The van der Waals surface area contributed by atoms with Gasteiger partial charge in [-0.2, -0.15) is 0 Å². The van der Waals surface area contributed by atoms with Gasteiger partial charge in [-0.3, -0.25) is 14.9 Å². The first-order valence-electron chi connectivity index (χ1n) is 5.53. The number of nitrogens with zero attached hydrogens (tertiary/aromatic N) is 1. The van der Waals surface area contributed by atoms with Crippen LogP contribution in [-0.4, -0.2) is 10.8 Å². The molecule has 20 heavy (non-hydrogen) atoms. The molecule has 0 saturated heterocycles. The minimum Gasteiger partial charge on any atom is -0.401 e. The molecular weight excluding hydrogens is 284 g/mol. The quantitative estimate of drug-likeness (QED) is 0.531. The predicted octanol–water partition coefficient (Wildman–Crippen LogP) is 3.49. The normalized spacial score (nSPS) is 10.7. The summed E-state index contributed by atoms with van der Waals surface area (Å²) in [4.78, 5) is 21.4. The van der Waals surface area contributed by atoms with Crippen molar-refractivity contribution in [3.8, 4) is 0 Å². The summed E-state index contributed by atoms with van der Waals surface area (Å²) < 4.78 is 4.88. The van der Waals surface area contributed by atoms with Gasteiger partial charge in [0.05, 0.1) is 6.07 Å². The van der Waals surface area contributed by atoms with Crippen molar-refractivity contribution in [1.82, 2.24) is 0 Å². The van der Waals surface area contributed by atoms with Crippen molar-refractivity contribution in [1.29, 1.82) is 0 Å². The fraction of sp³-hybridized carbons (Fsp3) is 0. The van der Waals surface area contributed by atoms with E-state index in [4.69, 9.17) is 16.0 Å². The van der Waals surface area contributed by atoms with Crippen LogP contribution in [-0.2, 0) is 4.79 Å². The number of nitro groups is 1. The molecule has 7 heteroatoms. The van der Waals surface area contributed by atoms with Crippen molar-refractivity contribution in [3.63, 3.8) is 0 Å². The van der Waals surface area contributed by atoms with Crippen molar-refractivity contribution in [2.24, 2.45) is 0 Å². The molecule has 0 aliphatic rings. The summed E-state index contributed by atoms with van der Waals surface area (Å²) in [5.41, 5.74) is 0.592. The maximum Gasteiger partial charge on any atom is 0.433 e. The van der Waals surface area contributed by atoms with Crippen LogP contribution in [0.4, 0.5) is 11.6 Å². The van der Waals surface area contributed by atoms with Gasteiger partial charge in [0.2, 0.25) is 5.91 Å². The van der Waals surface area contributed by atoms with Gasteiger partial charge in [-0.05, 0) is 36.4 Å². The molecule has 0 atom stereocenters. The lowest BCUT2D eigenvalue weighted by Gasteiger charge is -2.01. The highest BCUT2D eigenvalue weighted by molar-refractivity contribution is 6.30. The van der Waals surface area contributed by atoms with Gasteiger partial charge in [-0.15, -0.1) is 0 Å². The number of nitrogens with one attached hydrogen (secondary N) is 1. The van der Waals surface area contributed by atoms with Gasteiger partial charge in [0.15, 0.2) is 0 Å². The second-order valence-electron chi connectivity index (χ2n) is 3.76. The Morgan fingerprint density at radius 3 is 2.55 bits per heavy atom. The van der Waals surface area contributed by atoms with Gasteiger partial charge in [0.1, 0.15) is 10.7 Å². The number of halogens is 1. The van der Waals surface area contributed by atoms with E-state index in [0.29, 0.717) is 10.7 Å². The summed E-state index contributed by atoms with van der Waals surface area (Å²) in [6.45, 7) is 0. The lowest BCUT2D eigenvalue weighted by Crippen LogP contribution is -2.07. The zero-order valence-corrected chi connectivity index (χ0v) is 10.8. The fourth-order valence-corrected chi connectivity index (χ4v) is 1.53. The van der Waals surface area contributed by atoms with Crippen LogP contribution >= 0.6 is 11.6 Å². The molecule has 1 aromatic heterocycles. The highest BCUT2D eigenvalue weighted by Crippen LogP contribution is 2.17. The van der Waals surface area contributed by atoms with Crippen molar-refractivity contribution in [2.75, 3.05) is 5.32 Å². The molecule has 0 spiro atoms. The number of amides is 1. The molecule has 2 rings (SSSR count). The van der Waals surface area contributed by atoms with Crippen LogP contribution in [0.25, 0.3) is 6.08 Å². The Balaban J connectivity index is 1.98.